The van der Waals surface area contributed by atoms with E-state index < -0.39 is 5.91 Å². The molecule has 0 spiro atoms. The second-order valence-electron chi connectivity index (χ2n) is 4.84. The number of carbonyl (C=O) groups is 1. The summed E-state index contributed by atoms with van der Waals surface area (Å²) in [6.45, 7) is 2.03. The van der Waals surface area contributed by atoms with Crippen LogP contribution in [0.1, 0.15) is 28.9 Å². The lowest BCUT2D eigenvalue weighted by molar-refractivity contribution is -0.842. The Bertz CT molecular complexity index is 596. The van der Waals surface area contributed by atoms with Gasteiger partial charge in [0.2, 0.25) is 5.16 Å². The quantitative estimate of drug-likeness (QED) is 0.388. The third-order valence-corrected chi connectivity index (χ3v) is 4.68. The van der Waals surface area contributed by atoms with Crippen LogP contribution in [0, 0.1) is 0 Å². The predicted octanol–water partition coefficient (Wildman–Crippen LogP) is 3.49. The van der Waals surface area contributed by atoms with Gasteiger partial charge in [-0.2, -0.15) is 0 Å². The molecule has 20 heavy (non-hydrogen) atoms. The van der Waals surface area contributed by atoms with Crippen LogP contribution in [0.4, 0.5) is 0 Å². The van der Waals surface area contributed by atoms with Crippen LogP contribution in [0.25, 0.3) is 0 Å². The molecule has 1 heterocycles. The Balaban J connectivity index is 2.29. The number of allylic oxidation sites excluding steroid dienone is 2. The Morgan fingerprint density at radius 2 is 1.90 bits per heavy atom. The van der Waals surface area contributed by atoms with E-state index in [1.165, 1.54) is 0 Å². The van der Waals surface area contributed by atoms with E-state index in [2.05, 4.69) is 0 Å². The Morgan fingerprint density at radius 3 is 2.35 bits per heavy atom. The van der Waals surface area contributed by atoms with Crippen molar-refractivity contribution in [2.24, 2.45) is 0 Å². The van der Waals surface area contributed by atoms with Crippen molar-refractivity contribution in [1.82, 2.24) is 5.48 Å². The van der Waals surface area contributed by atoms with Crippen molar-refractivity contribution in [3.8, 4) is 0 Å². The first-order valence-electron chi connectivity index (χ1n) is 6.05. The monoisotopic (exact) mass is 313 g/mol. The second kappa shape index (κ2) is 5.58. The first kappa shape index (κ1) is 15.1. The molecule has 2 N–H and O–H groups in total. The molecule has 0 fully saturated rings. The summed E-state index contributed by atoms with van der Waals surface area (Å²) in [5.41, 5.74) is 3.01. The van der Waals surface area contributed by atoms with E-state index in [0.717, 1.165) is 5.56 Å². The fourth-order valence-corrected chi connectivity index (χ4v) is 2.68. The van der Waals surface area contributed by atoms with E-state index >= 15 is 0 Å². The van der Waals surface area contributed by atoms with Gasteiger partial charge in [-0.3, -0.25) is 14.5 Å². The average molecular weight is 314 g/mol. The highest BCUT2D eigenvalue weighted by molar-refractivity contribution is 6.39. The molecule has 1 aliphatic heterocycles. The summed E-state index contributed by atoms with van der Waals surface area (Å²) in [6.07, 6.45) is 3.72. The zero-order chi connectivity index (χ0) is 14.9. The Labute approximate surface area is 127 Å². The number of halogens is 2. The van der Waals surface area contributed by atoms with Crippen LogP contribution in [0.3, 0.4) is 0 Å². The third kappa shape index (κ3) is 2.47. The minimum atomic E-state index is -0.536. The number of hydrogen-bond acceptors (Lipinski definition) is 2. The van der Waals surface area contributed by atoms with Gasteiger partial charge in [-0.25, -0.2) is 5.48 Å². The molecule has 0 aromatic heterocycles. The van der Waals surface area contributed by atoms with Gasteiger partial charge in [0.15, 0.2) is 0 Å². The predicted molar refractivity (Wildman–Crippen MR) is 78.2 cm³/mol. The summed E-state index contributed by atoms with van der Waals surface area (Å²) >= 11 is 12.3. The van der Waals surface area contributed by atoms with Crippen LogP contribution < -0.4 is 5.48 Å². The first-order chi connectivity index (χ1) is 9.40. The molecule has 4 nitrogen and oxygen atoms in total. The number of hydrogen-bond donors (Lipinski definition) is 2. The van der Waals surface area contributed by atoms with E-state index in [4.69, 9.17) is 28.4 Å². The van der Waals surface area contributed by atoms with Gasteiger partial charge < -0.3 is 0 Å². The number of rotatable bonds is 3. The van der Waals surface area contributed by atoms with Gasteiger partial charge in [0.05, 0.1) is 7.05 Å². The molecule has 0 saturated carbocycles. The van der Waals surface area contributed by atoms with E-state index in [-0.39, 0.29) is 6.04 Å². The number of amides is 1. The molecule has 106 valence electrons. The zero-order valence-corrected chi connectivity index (χ0v) is 12.6. The summed E-state index contributed by atoms with van der Waals surface area (Å²) in [4.78, 5) is 11.3. The van der Waals surface area contributed by atoms with Crippen LogP contribution >= 0.6 is 23.2 Å². The minimum Gasteiger partial charge on any atom is -0.288 e. The lowest BCUT2D eigenvalue weighted by Crippen LogP contribution is -2.36. The molecule has 2 rings (SSSR count). The second-order valence-corrected chi connectivity index (χ2v) is 5.61. The molecule has 1 aliphatic rings. The van der Waals surface area contributed by atoms with Crippen molar-refractivity contribution in [1.29, 1.82) is 0 Å². The topological polar surface area (TPSA) is 49.3 Å². The maximum absolute atomic E-state index is 11.3. The normalized spacial score (nSPS) is 23.1. The molecule has 1 unspecified atom stereocenters. The summed E-state index contributed by atoms with van der Waals surface area (Å²) in [5, 5.41) is 9.70. The highest BCUT2D eigenvalue weighted by atomic mass is 35.5. The number of carbonyl (C=O) groups excluding carboxylic acids is 1. The summed E-state index contributed by atoms with van der Waals surface area (Å²) in [6, 6.07) is 7.03. The molecule has 2 atom stereocenters. The van der Waals surface area contributed by atoms with Crippen LogP contribution in [0.5, 0.6) is 0 Å². The highest BCUT2D eigenvalue weighted by Crippen LogP contribution is 2.41. The van der Waals surface area contributed by atoms with Gasteiger partial charge in [-0.15, -0.1) is 0 Å². The summed E-state index contributed by atoms with van der Waals surface area (Å²) < 4.78 is 0.381. The number of nitrogens with one attached hydrogen (secondary N) is 1. The van der Waals surface area contributed by atoms with Crippen molar-refractivity contribution in [3.63, 3.8) is 0 Å². The lowest BCUT2D eigenvalue weighted by atomic mass is 10.0. The molecular formula is C14H15Cl2N2O2+. The van der Waals surface area contributed by atoms with Crippen molar-refractivity contribution in [2.75, 3.05) is 7.05 Å². The minimum absolute atomic E-state index is 0.0428. The first-order valence-corrected chi connectivity index (χ1v) is 6.81. The van der Waals surface area contributed by atoms with Gasteiger partial charge in [0.25, 0.3) is 5.91 Å². The Kier molecular flexibility index (Phi) is 4.20. The molecule has 1 aromatic rings. The van der Waals surface area contributed by atoms with Crippen molar-refractivity contribution >= 4 is 29.1 Å². The third-order valence-electron chi connectivity index (χ3n) is 3.71. The fourth-order valence-electron chi connectivity index (χ4n) is 2.17. The molecule has 0 aliphatic carbocycles. The van der Waals surface area contributed by atoms with Crippen molar-refractivity contribution in [2.45, 2.75) is 13.0 Å². The number of hydroxylamine groups is 1. The van der Waals surface area contributed by atoms with Crippen LogP contribution in [0.2, 0.25) is 0 Å². The van der Waals surface area contributed by atoms with E-state index in [1.807, 2.05) is 32.3 Å². The van der Waals surface area contributed by atoms with E-state index in [1.54, 1.807) is 23.7 Å². The van der Waals surface area contributed by atoms with Crippen LogP contribution in [0.15, 0.2) is 46.7 Å². The molecule has 0 radical (unpaired) electrons. The average Bonchev–Trinajstić information content (AvgIpc) is 2.74. The maximum Gasteiger partial charge on any atom is 0.274 e. The SMILES string of the molecule is C[C@H](c1ccc(C(=O)NO)cc1)[N+]1(C)C=CC(Cl)=C1Cl. The zero-order valence-electron chi connectivity index (χ0n) is 11.1. The Morgan fingerprint density at radius 1 is 1.30 bits per heavy atom. The van der Waals surface area contributed by atoms with Crippen molar-refractivity contribution < 1.29 is 14.5 Å². The number of nitrogens with zero attached hydrogens (tertiary/aromatic N) is 1. The van der Waals surface area contributed by atoms with Gasteiger partial charge in [-0.05, 0) is 30.7 Å². The van der Waals surface area contributed by atoms with Gasteiger partial charge in [0, 0.05) is 17.2 Å². The molecule has 1 amide bonds. The summed E-state index contributed by atoms with van der Waals surface area (Å²) in [7, 11) is 1.97. The maximum atomic E-state index is 11.3. The smallest absolute Gasteiger partial charge is 0.274 e. The molecular weight excluding hydrogens is 299 g/mol. The molecule has 0 saturated heterocycles. The van der Waals surface area contributed by atoms with Crippen LogP contribution in [-0.2, 0) is 0 Å². The fraction of sp³-hybridized carbons (Fsp3) is 0.214. The number of benzene rings is 1. The largest absolute Gasteiger partial charge is 0.288 e. The van der Waals surface area contributed by atoms with E-state index in [0.29, 0.717) is 20.2 Å². The standard InChI is InChI=1S/C14H14Cl2N2O2/c1-9(18(2)8-7-12(15)13(18)16)10-3-5-11(6-4-10)14(19)17-20/h3-9H,1-2H3,(H-,17,19,20)/p+1/t9-,18?/m1/s1. The van der Waals surface area contributed by atoms with Gasteiger partial charge in [0.1, 0.15) is 17.3 Å². The van der Waals surface area contributed by atoms with E-state index in [9.17, 15) is 4.79 Å². The van der Waals surface area contributed by atoms with Gasteiger partial charge >= 0.3 is 0 Å². The van der Waals surface area contributed by atoms with Crippen molar-refractivity contribution in [3.05, 3.63) is 57.9 Å². The number of quaternary nitrogens is 1. The lowest BCUT2D eigenvalue weighted by Gasteiger charge is -2.33. The summed E-state index contributed by atoms with van der Waals surface area (Å²) in [5.74, 6) is -0.536. The molecule has 1 aromatic carbocycles. The molecule has 0 bridgehead atoms. The highest BCUT2D eigenvalue weighted by Gasteiger charge is 2.37. The van der Waals surface area contributed by atoms with Crippen LogP contribution in [-0.4, -0.2) is 22.6 Å². The van der Waals surface area contributed by atoms with Gasteiger partial charge in [-0.1, -0.05) is 23.7 Å². The Hall–Kier alpha value is -1.33. The molecule has 6 heteroatoms.